The molecule has 0 amide bonds. The number of fused-ring (bicyclic) bond motifs is 1. The van der Waals surface area contributed by atoms with Crippen molar-refractivity contribution in [3.63, 3.8) is 0 Å². The highest BCUT2D eigenvalue weighted by Gasteiger charge is 2.21. The highest BCUT2D eigenvalue weighted by Crippen LogP contribution is 2.37. The molecule has 0 bridgehead atoms. The monoisotopic (exact) mass is 215 g/mol. The van der Waals surface area contributed by atoms with E-state index in [1.807, 2.05) is 12.1 Å². The second kappa shape index (κ2) is 3.49. The molecule has 0 aliphatic heterocycles. The van der Waals surface area contributed by atoms with Crippen LogP contribution in [0.25, 0.3) is 0 Å². The summed E-state index contributed by atoms with van der Waals surface area (Å²) in [5.41, 5.74) is 8.18. The van der Waals surface area contributed by atoms with Crippen LogP contribution in [0, 0.1) is 0 Å². The molecule has 0 aromatic heterocycles. The van der Waals surface area contributed by atoms with Crippen LogP contribution in [-0.4, -0.2) is 0 Å². The smallest absolute Gasteiger partial charge is 0.0457 e. The zero-order chi connectivity index (χ0) is 9.42. The predicted octanol–water partition coefficient (Wildman–Crippen LogP) is 3.33. The molecule has 0 saturated carbocycles. The Kier molecular flexibility index (Phi) is 2.50. The van der Waals surface area contributed by atoms with Crippen LogP contribution in [0.15, 0.2) is 12.1 Å². The molecule has 1 aliphatic carbocycles. The summed E-state index contributed by atoms with van der Waals surface area (Å²) >= 11 is 12.1. The topological polar surface area (TPSA) is 26.0 Å². The van der Waals surface area contributed by atoms with E-state index >= 15 is 0 Å². The van der Waals surface area contributed by atoms with Gasteiger partial charge in [0.05, 0.1) is 0 Å². The summed E-state index contributed by atoms with van der Waals surface area (Å²) in [4.78, 5) is 0. The van der Waals surface area contributed by atoms with Crippen molar-refractivity contribution in [1.82, 2.24) is 0 Å². The molecule has 0 heterocycles. The summed E-state index contributed by atoms with van der Waals surface area (Å²) in [7, 11) is 0. The lowest BCUT2D eigenvalue weighted by molar-refractivity contribution is 0.571. The highest BCUT2D eigenvalue weighted by atomic mass is 35.5. The molecule has 0 radical (unpaired) electrons. The van der Waals surface area contributed by atoms with E-state index in [0.717, 1.165) is 40.4 Å². The molecule has 1 nitrogen and oxygen atoms in total. The van der Waals surface area contributed by atoms with Gasteiger partial charge in [-0.15, -0.1) is 0 Å². The van der Waals surface area contributed by atoms with Gasteiger partial charge in [0, 0.05) is 16.1 Å². The van der Waals surface area contributed by atoms with Gasteiger partial charge in [-0.3, -0.25) is 0 Å². The fourth-order valence-corrected chi connectivity index (χ4v) is 2.48. The molecule has 0 spiro atoms. The van der Waals surface area contributed by atoms with Crippen molar-refractivity contribution in [1.29, 1.82) is 0 Å². The standard InChI is InChI=1S/C10H11Cl2N/c11-7-4-5-8(12)10-6(7)2-1-3-9(10)13/h4-5,9H,1-3,13H2/t9-/m0/s1. The van der Waals surface area contributed by atoms with E-state index < -0.39 is 0 Å². The van der Waals surface area contributed by atoms with Gasteiger partial charge in [0.2, 0.25) is 0 Å². The molecule has 1 aliphatic rings. The molecule has 1 aromatic carbocycles. The second-order valence-electron chi connectivity index (χ2n) is 3.42. The van der Waals surface area contributed by atoms with Crippen LogP contribution in [0.4, 0.5) is 0 Å². The Morgan fingerprint density at radius 2 is 1.92 bits per heavy atom. The van der Waals surface area contributed by atoms with Crippen molar-refractivity contribution in [3.8, 4) is 0 Å². The maximum absolute atomic E-state index is 6.07. The van der Waals surface area contributed by atoms with Crippen LogP contribution in [0.1, 0.15) is 30.0 Å². The first-order valence-corrected chi connectivity index (χ1v) is 5.18. The fourth-order valence-electron chi connectivity index (χ4n) is 1.91. The molecule has 3 heteroatoms. The minimum absolute atomic E-state index is 0.0648. The Morgan fingerprint density at radius 1 is 1.23 bits per heavy atom. The average Bonchev–Trinajstić information content (AvgIpc) is 2.12. The predicted molar refractivity (Wildman–Crippen MR) is 56.3 cm³/mol. The summed E-state index contributed by atoms with van der Waals surface area (Å²) in [6.45, 7) is 0. The van der Waals surface area contributed by atoms with E-state index in [1.54, 1.807) is 0 Å². The number of rotatable bonds is 0. The third-order valence-corrected chi connectivity index (χ3v) is 3.24. The van der Waals surface area contributed by atoms with E-state index in [0.29, 0.717) is 0 Å². The van der Waals surface area contributed by atoms with Gasteiger partial charge in [-0.1, -0.05) is 23.2 Å². The van der Waals surface area contributed by atoms with Gasteiger partial charge in [-0.05, 0) is 42.5 Å². The van der Waals surface area contributed by atoms with Crippen LogP contribution in [0.2, 0.25) is 10.0 Å². The molecule has 70 valence electrons. The van der Waals surface area contributed by atoms with Crippen molar-refractivity contribution in [3.05, 3.63) is 33.3 Å². The molecule has 0 fully saturated rings. The van der Waals surface area contributed by atoms with Crippen molar-refractivity contribution >= 4 is 23.2 Å². The highest BCUT2D eigenvalue weighted by molar-refractivity contribution is 6.34. The Morgan fingerprint density at radius 3 is 2.62 bits per heavy atom. The first-order chi connectivity index (χ1) is 6.20. The summed E-state index contributed by atoms with van der Waals surface area (Å²) in [6.07, 6.45) is 3.11. The minimum atomic E-state index is 0.0648. The van der Waals surface area contributed by atoms with Crippen LogP contribution in [0.5, 0.6) is 0 Å². The first kappa shape index (κ1) is 9.32. The molecule has 13 heavy (non-hydrogen) atoms. The molecule has 0 saturated heterocycles. The first-order valence-electron chi connectivity index (χ1n) is 4.42. The summed E-state index contributed by atoms with van der Waals surface area (Å²) < 4.78 is 0. The zero-order valence-electron chi connectivity index (χ0n) is 7.19. The molecular weight excluding hydrogens is 205 g/mol. The summed E-state index contributed by atoms with van der Waals surface area (Å²) in [6, 6.07) is 3.74. The van der Waals surface area contributed by atoms with Gasteiger partial charge in [-0.25, -0.2) is 0 Å². The Balaban J connectivity index is 2.60. The lowest BCUT2D eigenvalue weighted by Gasteiger charge is -2.24. The van der Waals surface area contributed by atoms with Crippen molar-refractivity contribution < 1.29 is 0 Å². The van der Waals surface area contributed by atoms with E-state index in [-0.39, 0.29) is 6.04 Å². The number of benzene rings is 1. The van der Waals surface area contributed by atoms with Gasteiger partial charge in [0.1, 0.15) is 0 Å². The maximum atomic E-state index is 6.07. The number of hydrogen-bond donors (Lipinski definition) is 1. The number of halogens is 2. The Labute approximate surface area is 87.8 Å². The average molecular weight is 216 g/mol. The minimum Gasteiger partial charge on any atom is -0.324 e. The lowest BCUT2D eigenvalue weighted by atomic mass is 9.88. The molecule has 1 aromatic rings. The number of hydrogen-bond acceptors (Lipinski definition) is 1. The largest absolute Gasteiger partial charge is 0.324 e. The molecule has 2 rings (SSSR count). The molecule has 1 atom stereocenters. The van der Waals surface area contributed by atoms with Crippen LogP contribution in [-0.2, 0) is 6.42 Å². The molecular formula is C10H11Cl2N. The van der Waals surface area contributed by atoms with Gasteiger partial charge < -0.3 is 5.73 Å². The molecule has 0 unspecified atom stereocenters. The van der Waals surface area contributed by atoms with E-state index in [2.05, 4.69) is 0 Å². The zero-order valence-corrected chi connectivity index (χ0v) is 8.70. The van der Waals surface area contributed by atoms with Gasteiger partial charge in [0.15, 0.2) is 0 Å². The van der Waals surface area contributed by atoms with E-state index in [9.17, 15) is 0 Å². The van der Waals surface area contributed by atoms with E-state index in [1.165, 1.54) is 0 Å². The third-order valence-electron chi connectivity index (χ3n) is 2.56. The third kappa shape index (κ3) is 1.56. The van der Waals surface area contributed by atoms with Crippen molar-refractivity contribution in [2.45, 2.75) is 25.3 Å². The van der Waals surface area contributed by atoms with Gasteiger partial charge in [0.25, 0.3) is 0 Å². The Hall–Kier alpha value is -0.240. The van der Waals surface area contributed by atoms with Crippen LogP contribution in [0.3, 0.4) is 0 Å². The number of nitrogens with two attached hydrogens (primary N) is 1. The van der Waals surface area contributed by atoms with Crippen LogP contribution < -0.4 is 5.73 Å². The summed E-state index contributed by atoms with van der Waals surface area (Å²) in [5, 5.41) is 1.56. The fraction of sp³-hybridized carbons (Fsp3) is 0.400. The van der Waals surface area contributed by atoms with Crippen molar-refractivity contribution in [2.24, 2.45) is 5.73 Å². The second-order valence-corrected chi connectivity index (χ2v) is 4.23. The summed E-state index contributed by atoms with van der Waals surface area (Å²) in [5.74, 6) is 0. The van der Waals surface area contributed by atoms with Gasteiger partial charge in [-0.2, -0.15) is 0 Å². The SMILES string of the molecule is N[C@H]1CCCc2c(Cl)ccc(Cl)c21. The Bertz CT molecular complexity index is 336. The maximum Gasteiger partial charge on any atom is 0.0457 e. The normalized spacial score (nSPS) is 21.3. The van der Waals surface area contributed by atoms with Crippen LogP contribution >= 0.6 is 23.2 Å². The van der Waals surface area contributed by atoms with Gasteiger partial charge >= 0.3 is 0 Å². The molecule has 2 N–H and O–H groups in total. The quantitative estimate of drug-likeness (QED) is 0.707. The van der Waals surface area contributed by atoms with E-state index in [4.69, 9.17) is 28.9 Å². The van der Waals surface area contributed by atoms with Crippen molar-refractivity contribution in [2.75, 3.05) is 0 Å². The lowest BCUT2D eigenvalue weighted by Crippen LogP contribution is -2.18.